The van der Waals surface area contributed by atoms with Crippen molar-refractivity contribution in [2.75, 3.05) is 11.9 Å². The minimum Gasteiger partial charge on any atom is -0.482 e. The predicted octanol–water partition coefficient (Wildman–Crippen LogP) is 2.47. The first-order chi connectivity index (χ1) is 15.4. The highest BCUT2D eigenvalue weighted by Crippen LogP contribution is 2.60. The molecule has 10 nitrogen and oxygen atoms in total. The van der Waals surface area contributed by atoms with Gasteiger partial charge in [0.05, 0.1) is 17.3 Å². The lowest BCUT2D eigenvalue weighted by Crippen LogP contribution is -2.59. The fourth-order valence-electron chi connectivity index (χ4n) is 6.43. The van der Waals surface area contributed by atoms with E-state index < -0.39 is 11.6 Å². The highest BCUT2D eigenvalue weighted by atomic mass is 16.5. The van der Waals surface area contributed by atoms with E-state index >= 15 is 0 Å². The van der Waals surface area contributed by atoms with Gasteiger partial charge in [-0.15, -0.1) is 5.10 Å². The highest BCUT2D eigenvalue weighted by Gasteiger charge is 2.59. The van der Waals surface area contributed by atoms with Gasteiger partial charge in [-0.3, -0.25) is 0 Å². The van der Waals surface area contributed by atoms with Crippen LogP contribution in [0.5, 0.6) is 5.75 Å². The van der Waals surface area contributed by atoms with E-state index in [2.05, 4.69) is 20.6 Å². The van der Waals surface area contributed by atoms with Gasteiger partial charge in [0.25, 0.3) is 0 Å². The van der Waals surface area contributed by atoms with Crippen molar-refractivity contribution < 1.29 is 19.7 Å². The van der Waals surface area contributed by atoms with Crippen molar-refractivity contribution in [3.63, 3.8) is 0 Å². The molecule has 3 N–H and O–H groups in total. The first-order valence-corrected chi connectivity index (χ1v) is 10.9. The first kappa shape index (κ1) is 19.4. The summed E-state index contributed by atoms with van der Waals surface area (Å²) in [6.45, 7) is -0.387. The molecular weight excluding hydrogens is 412 g/mol. The van der Waals surface area contributed by atoms with Gasteiger partial charge in [0.1, 0.15) is 5.75 Å². The normalized spacial score (nSPS) is 30.5. The SMILES string of the molecule is O=C(O)COc1ccc(Nc2ncc3nnn(C45CC6CC(CC(O)(C6)C4)C5)c3n2)cc1. The molecule has 4 fully saturated rings. The van der Waals surface area contributed by atoms with E-state index in [9.17, 15) is 9.90 Å². The van der Waals surface area contributed by atoms with E-state index in [1.165, 1.54) is 6.42 Å². The van der Waals surface area contributed by atoms with Crippen LogP contribution in [0.2, 0.25) is 0 Å². The number of hydrogen-bond acceptors (Lipinski definition) is 8. The zero-order valence-corrected chi connectivity index (χ0v) is 17.4. The van der Waals surface area contributed by atoms with Gasteiger partial charge >= 0.3 is 5.97 Å². The standard InChI is InChI=1S/C22H24N6O4/c29-18(30)11-32-16-3-1-15(2-4-16)24-20-23-10-17-19(25-20)28(27-26-17)21-6-13-5-14(7-21)9-22(31,8-13)12-21/h1-4,10,13-14,31H,5-9,11-12H2,(H,29,30)(H,23,24,25). The lowest BCUT2D eigenvalue weighted by molar-refractivity contribution is -0.158. The van der Waals surface area contributed by atoms with Gasteiger partial charge in [-0.05, 0) is 68.2 Å². The molecule has 0 radical (unpaired) electrons. The monoisotopic (exact) mass is 436 g/mol. The van der Waals surface area contributed by atoms with Crippen molar-refractivity contribution in [3.8, 4) is 5.75 Å². The van der Waals surface area contributed by atoms with Gasteiger partial charge in [0.2, 0.25) is 5.95 Å². The molecule has 2 unspecified atom stereocenters. The summed E-state index contributed by atoms with van der Waals surface area (Å²) >= 11 is 0. The molecule has 7 rings (SSSR count). The number of hydrogen-bond donors (Lipinski definition) is 3. The van der Waals surface area contributed by atoms with Crippen molar-refractivity contribution in [2.24, 2.45) is 11.8 Å². The smallest absolute Gasteiger partial charge is 0.341 e. The molecule has 0 aliphatic heterocycles. The number of benzene rings is 1. The molecule has 4 aliphatic rings. The van der Waals surface area contributed by atoms with Crippen LogP contribution in [0, 0.1) is 11.8 Å². The number of aliphatic carboxylic acids is 1. The number of carboxylic acids is 1. The van der Waals surface area contributed by atoms with Crippen LogP contribution in [0.15, 0.2) is 30.5 Å². The molecule has 0 amide bonds. The summed E-state index contributed by atoms with van der Waals surface area (Å²) in [5, 5.41) is 31.8. The molecule has 2 atom stereocenters. The van der Waals surface area contributed by atoms with Gasteiger partial charge in [-0.2, -0.15) is 4.98 Å². The summed E-state index contributed by atoms with van der Waals surface area (Å²) in [7, 11) is 0. The Hall–Kier alpha value is -3.27. The molecule has 10 heteroatoms. The average molecular weight is 436 g/mol. The number of ether oxygens (including phenoxy) is 1. The Morgan fingerprint density at radius 3 is 2.62 bits per heavy atom. The summed E-state index contributed by atoms with van der Waals surface area (Å²) in [6, 6.07) is 6.92. The Balaban J connectivity index is 1.28. The van der Waals surface area contributed by atoms with Gasteiger partial charge in [0, 0.05) is 12.1 Å². The van der Waals surface area contributed by atoms with Gasteiger partial charge in [0.15, 0.2) is 17.8 Å². The topological polar surface area (TPSA) is 135 Å². The first-order valence-electron chi connectivity index (χ1n) is 10.9. The molecular formula is C22H24N6O4. The third kappa shape index (κ3) is 3.26. The van der Waals surface area contributed by atoms with E-state index in [1.54, 1.807) is 30.5 Å². The van der Waals surface area contributed by atoms with Crippen LogP contribution in [-0.4, -0.2) is 53.4 Å². The molecule has 2 aromatic heterocycles. The van der Waals surface area contributed by atoms with Crippen molar-refractivity contribution in [1.29, 1.82) is 0 Å². The number of nitrogens with one attached hydrogen (secondary N) is 1. The molecule has 4 bridgehead atoms. The van der Waals surface area contributed by atoms with E-state index in [-0.39, 0.29) is 12.1 Å². The maximum atomic E-state index is 11.1. The number of rotatable bonds is 6. The van der Waals surface area contributed by atoms with Crippen LogP contribution >= 0.6 is 0 Å². The van der Waals surface area contributed by atoms with Gasteiger partial charge in [-0.1, -0.05) is 5.21 Å². The highest BCUT2D eigenvalue weighted by molar-refractivity contribution is 5.71. The van der Waals surface area contributed by atoms with Crippen molar-refractivity contribution in [2.45, 2.75) is 49.7 Å². The van der Waals surface area contributed by atoms with Crippen LogP contribution in [0.3, 0.4) is 0 Å². The molecule has 4 aliphatic carbocycles. The minimum absolute atomic E-state index is 0.234. The number of fused-ring (bicyclic) bond motifs is 1. The summed E-state index contributed by atoms with van der Waals surface area (Å²) in [4.78, 5) is 19.7. The predicted molar refractivity (Wildman–Crippen MR) is 114 cm³/mol. The maximum absolute atomic E-state index is 11.1. The second kappa shape index (κ2) is 6.86. The molecule has 3 aromatic rings. The van der Waals surface area contributed by atoms with E-state index in [0.29, 0.717) is 41.1 Å². The Bertz CT molecular complexity index is 1180. The van der Waals surface area contributed by atoms with E-state index in [0.717, 1.165) is 31.4 Å². The number of nitrogens with zero attached hydrogens (tertiary/aromatic N) is 5. The summed E-state index contributed by atoms with van der Waals surface area (Å²) < 4.78 is 7.11. The summed E-state index contributed by atoms with van der Waals surface area (Å²) in [6.07, 6.45) is 7.37. The second-order valence-electron chi connectivity index (χ2n) is 9.65. The Morgan fingerprint density at radius 1 is 1.19 bits per heavy atom. The Kier molecular flexibility index (Phi) is 4.16. The number of aliphatic hydroxyl groups is 1. The second-order valence-corrected chi connectivity index (χ2v) is 9.65. The fraction of sp³-hybridized carbons (Fsp3) is 0.500. The fourth-order valence-corrected chi connectivity index (χ4v) is 6.43. The van der Waals surface area contributed by atoms with Gasteiger partial charge in [-0.25, -0.2) is 14.5 Å². The van der Waals surface area contributed by atoms with Crippen LogP contribution in [-0.2, 0) is 10.3 Å². The van der Waals surface area contributed by atoms with Crippen LogP contribution in [0.1, 0.15) is 38.5 Å². The largest absolute Gasteiger partial charge is 0.482 e. The van der Waals surface area contributed by atoms with Gasteiger partial charge < -0.3 is 20.3 Å². The molecule has 0 saturated heterocycles. The maximum Gasteiger partial charge on any atom is 0.341 e. The van der Waals surface area contributed by atoms with Crippen molar-refractivity contribution in [3.05, 3.63) is 30.5 Å². The third-order valence-corrected chi connectivity index (χ3v) is 7.11. The lowest BCUT2D eigenvalue weighted by atomic mass is 9.51. The zero-order valence-electron chi connectivity index (χ0n) is 17.4. The average Bonchev–Trinajstić information content (AvgIpc) is 3.16. The number of carboxylic acid groups (broad SMARTS) is 1. The Morgan fingerprint density at radius 2 is 1.94 bits per heavy atom. The molecule has 166 valence electrons. The molecule has 32 heavy (non-hydrogen) atoms. The number of aromatic nitrogens is 5. The molecule has 4 saturated carbocycles. The number of carbonyl (C=O) groups is 1. The van der Waals surface area contributed by atoms with Crippen LogP contribution in [0.25, 0.3) is 11.2 Å². The molecule has 2 heterocycles. The quantitative estimate of drug-likeness (QED) is 0.532. The summed E-state index contributed by atoms with van der Waals surface area (Å²) in [5.41, 5.74) is 1.23. The van der Waals surface area contributed by atoms with Crippen molar-refractivity contribution in [1.82, 2.24) is 25.0 Å². The molecule has 0 spiro atoms. The summed E-state index contributed by atoms with van der Waals surface area (Å²) in [5.74, 6) is 0.925. The number of anilines is 2. The van der Waals surface area contributed by atoms with Crippen molar-refractivity contribution >= 4 is 28.8 Å². The zero-order chi connectivity index (χ0) is 21.9. The van der Waals surface area contributed by atoms with E-state index in [1.807, 2.05) is 4.68 Å². The Labute approximate surface area is 183 Å². The van der Waals surface area contributed by atoms with Crippen LogP contribution < -0.4 is 10.1 Å². The third-order valence-electron chi connectivity index (χ3n) is 7.11. The van der Waals surface area contributed by atoms with E-state index in [4.69, 9.17) is 14.8 Å². The minimum atomic E-state index is -1.02. The van der Waals surface area contributed by atoms with Crippen LogP contribution in [0.4, 0.5) is 11.6 Å². The molecule has 1 aromatic carbocycles. The lowest BCUT2D eigenvalue weighted by Gasteiger charge is -2.59.